The molecule has 0 unspecified atom stereocenters. The molecule has 0 saturated heterocycles. The molecule has 3 aromatic carbocycles. The first-order chi connectivity index (χ1) is 17.3. The number of nitrogens with one attached hydrogen (secondary N) is 1. The molecule has 1 atom stereocenters. The fraction of sp³-hybridized carbons (Fsp3) is 0.259. The smallest absolute Gasteiger partial charge is 0.264 e. The van der Waals surface area contributed by atoms with Crippen LogP contribution in [0.15, 0.2) is 89.8 Å². The third kappa shape index (κ3) is 6.48. The number of hydrogen-bond acceptors (Lipinski definition) is 4. The Bertz CT molecular complexity index is 1250. The van der Waals surface area contributed by atoms with Crippen LogP contribution in [-0.2, 0) is 26.0 Å². The monoisotopic (exact) mass is 511 g/mol. The van der Waals surface area contributed by atoms with E-state index in [0.717, 1.165) is 34.1 Å². The minimum Gasteiger partial charge on any atom is -0.357 e. The van der Waals surface area contributed by atoms with E-state index in [1.807, 2.05) is 30.3 Å². The van der Waals surface area contributed by atoms with E-state index < -0.39 is 34.3 Å². The van der Waals surface area contributed by atoms with Gasteiger partial charge in [-0.3, -0.25) is 13.9 Å². The number of hydrogen-bond donors (Lipinski definition) is 1. The van der Waals surface area contributed by atoms with Crippen LogP contribution in [0.2, 0.25) is 0 Å². The zero-order valence-electron chi connectivity index (χ0n) is 20.3. The number of nitrogens with zero attached hydrogens (tertiary/aromatic N) is 2. The Labute approximate surface area is 211 Å². The van der Waals surface area contributed by atoms with E-state index in [1.165, 1.54) is 11.9 Å². The number of para-hydroxylation sites is 1. The number of likely N-dealkylation sites (N-methyl/N-ethyl adjacent to an activating group) is 1. The second-order valence-corrected chi connectivity index (χ2v) is 10.0. The summed E-state index contributed by atoms with van der Waals surface area (Å²) in [6.45, 7) is 1.51. The predicted molar refractivity (Wildman–Crippen MR) is 137 cm³/mol. The van der Waals surface area contributed by atoms with Crippen molar-refractivity contribution in [2.45, 2.75) is 30.7 Å². The van der Waals surface area contributed by atoms with E-state index in [0.29, 0.717) is 12.8 Å². The summed E-state index contributed by atoms with van der Waals surface area (Å²) in [5.74, 6) is -1.41. The van der Waals surface area contributed by atoms with Gasteiger partial charge in [-0.25, -0.2) is 12.8 Å². The third-order valence-corrected chi connectivity index (χ3v) is 7.63. The highest BCUT2D eigenvalue weighted by Gasteiger charge is 2.33. The van der Waals surface area contributed by atoms with E-state index in [4.69, 9.17) is 0 Å². The number of anilines is 1. The van der Waals surface area contributed by atoms with Crippen LogP contribution in [0.5, 0.6) is 0 Å². The maximum absolute atomic E-state index is 13.7. The SMILES string of the molecule is CC[C@H](C(=O)NC)N(CCc1ccccc1)C(=O)CN(c1ccccc1)S(=O)(=O)c1ccc(F)cc1. The number of carbonyl (C=O) groups is 2. The van der Waals surface area contributed by atoms with Gasteiger partial charge < -0.3 is 10.2 Å². The van der Waals surface area contributed by atoms with Gasteiger partial charge in [0.2, 0.25) is 11.8 Å². The fourth-order valence-electron chi connectivity index (χ4n) is 3.92. The number of halogens is 1. The molecule has 0 saturated carbocycles. The number of carbonyl (C=O) groups excluding carboxylic acids is 2. The van der Waals surface area contributed by atoms with Crippen LogP contribution in [0.25, 0.3) is 0 Å². The molecule has 7 nitrogen and oxygen atoms in total. The van der Waals surface area contributed by atoms with E-state index in [9.17, 15) is 22.4 Å². The van der Waals surface area contributed by atoms with Crippen molar-refractivity contribution in [3.8, 4) is 0 Å². The van der Waals surface area contributed by atoms with Gasteiger partial charge in [-0.05, 0) is 54.8 Å². The molecule has 9 heteroatoms. The maximum Gasteiger partial charge on any atom is 0.264 e. The number of benzene rings is 3. The van der Waals surface area contributed by atoms with Crippen molar-refractivity contribution in [2.24, 2.45) is 0 Å². The normalized spacial score (nSPS) is 12.0. The Morgan fingerprint density at radius 1 is 0.917 bits per heavy atom. The molecule has 190 valence electrons. The van der Waals surface area contributed by atoms with Gasteiger partial charge in [-0.15, -0.1) is 0 Å². The summed E-state index contributed by atoms with van der Waals surface area (Å²) in [6.07, 6.45) is 0.854. The minimum atomic E-state index is -4.21. The Kier molecular flexibility index (Phi) is 9.19. The van der Waals surface area contributed by atoms with Crippen LogP contribution < -0.4 is 9.62 Å². The Morgan fingerprint density at radius 2 is 1.50 bits per heavy atom. The molecule has 0 aromatic heterocycles. The second kappa shape index (κ2) is 12.3. The van der Waals surface area contributed by atoms with Crippen molar-refractivity contribution in [3.05, 3.63) is 96.3 Å². The lowest BCUT2D eigenvalue weighted by atomic mass is 10.1. The largest absolute Gasteiger partial charge is 0.357 e. The first kappa shape index (κ1) is 26.9. The van der Waals surface area contributed by atoms with Gasteiger partial charge in [0, 0.05) is 13.6 Å². The molecule has 3 aromatic rings. The van der Waals surface area contributed by atoms with Gasteiger partial charge in [-0.1, -0.05) is 55.5 Å². The van der Waals surface area contributed by atoms with E-state index in [1.54, 1.807) is 37.3 Å². The molecule has 36 heavy (non-hydrogen) atoms. The summed E-state index contributed by atoms with van der Waals surface area (Å²) in [5, 5.41) is 2.60. The lowest BCUT2D eigenvalue weighted by Crippen LogP contribution is -2.52. The fourth-order valence-corrected chi connectivity index (χ4v) is 5.33. The summed E-state index contributed by atoms with van der Waals surface area (Å²) in [5.41, 5.74) is 1.27. The van der Waals surface area contributed by atoms with E-state index in [2.05, 4.69) is 5.32 Å². The van der Waals surface area contributed by atoms with Crippen molar-refractivity contribution < 1.29 is 22.4 Å². The van der Waals surface area contributed by atoms with Crippen molar-refractivity contribution in [3.63, 3.8) is 0 Å². The molecule has 0 fully saturated rings. The molecule has 0 radical (unpaired) electrons. The van der Waals surface area contributed by atoms with Gasteiger partial charge in [0.25, 0.3) is 10.0 Å². The van der Waals surface area contributed by atoms with Crippen LogP contribution in [-0.4, -0.2) is 51.3 Å². The van der Waals surface area contributed by atoms with Gasteiger partial charge in [0.15, 0.2) is 0 Å². The molecular formula is C27H30FN3O4S. The molecule has 1 N–H and O–H groups in total. The molecule has 0 spiro atoms. The molecule has 2 amide bonds. The van der Waals surface area contributed by atoms with E-state index >= 15 is 0 Å². The van der Waals surface area contributed by atoms with Gasteiger partial charge in [-0.2, -0.15) is 0 Å². The van der Waals surface area contributed by atoms with Gasteiger partial charge in [0.1, 0.15) is 18.4 Å². The maximum atomic E-state index is 13.7. The molecule has 0 aliphatic rings. The Morgan fingerprint density at radius 3 is 2.06 bits per heavy atom. The lowest BCUT2D eigenvalue weighted by molar-refractivity contribution is -0.139. The van der Waals surface area contributed by atoms with Crippen LogP contribution in [0.4, 0.5) is 10.1 Å². The molecule has 0 heterocycles. The lowest BCUT2D eigenvalue weighted by Gasteiger charge is -2.33. The number of rotatable bonds is 11. The average molecular weight is 512 g/mol. The van der Waals surface area contributed by atoms with Crippen LogP contribution in [0.3, 0.4) is 0 Å². The van der Waals surface area contributed by atoms with E-state index in [-0.39, 0.29) is 23.0 Å². The van der Waals surface area contributed by atoms with Crippen LogP contribution in [0.1, 0.15) is 18.9 Å². The summed E-state index contributed by atoms with van der Waals surface area (Å²) in [4.78, 5) is 27.6. The summed E-state index contributed by atoms with van der Waals surface area (Å²) in [6, 6.07) is 21.4. The number of amides is 2. The topological polar surface area (TPSA) is 86.8 Å². The zero-order valence-corrected chi connectivity index (χ0v) is 21.1. The zero-order chi connectivity index (χ0) is 26.1. The average Bonchev–Trinajstić information content (AvgIpc) is 2.90. The highest BCUT2D eigenvalue weighted by molar-refractivity contribution is 7.92. The Balaban J connectivity index is 1.97. The number of sulfonamides is 1. The molecule has 0 aliphatic heterocycles. The standard InChI is InChI=1S/C27H30FN3O4S/c1-3-25(27(33)29-2)30(19-18-21-10-6-4-7-11-21)26(32)20-31(23-12-8-5-9-13-23)36(34,35)24-16-14-22(28)15-17-24/h4-17,25H,3,18-20H2,1-2H3,(H,29,33)/t25-/m1/s1. The van der Waals surface area contributed by atoms with Gasteiger partial charge in [0.05, 0.1) is 10.6 Å². The Hall–Kier alpha value is -3.72. The van der Waals surface area contributed by atoms with Crippen LogP contribution >= 0.6 is 0 Å². The first-order valence-corrected chi connectivity index (χ1v) is 13.1. The minimum absolute atomic E-state index is 0.144. The molecule has 3 rings (SSSR count). The van der Waals surface area contributed by atoms with Crippen molar-refractivity contribution >= 4 is 27.5 Å². The quantitative estimate of drug-likeness (QED) is 0.426. The molecular weight excluding hydrogens is 481 g/mol. The van der Waals surface area contributed by atoms with Crippen LogP contribution in [0, 0.1) is 5.82 Å². The molecule has 0 aliphatic carbocycles. The predicted octanol–water partition coefficient (Wildman–Crippen LogP) is 3.62. The third-order valence-electron chi connectivity index (χ3n) is 5.84. The first-order valence-electron chi connectivity index (χ1n) is 11.7. The van der Waals surface area contributed by atoms with Gasteiger partial charge >= 0.3 is 0 Å². The van der Waals surface area contributed by atoms with Crippen molar-refractivity contribution in [1.29, 1.82) is 0 Å². The molecule has 0 bridgehead atoms. The highest BCUT2D eigenvalue weighted by atomic mass is 32.2. The summed E-state index contributed by atoms with van der Waals surface area (Å²) >= 11 is 0. The highest BCUT2D eigenvalue weighted by Crippen LogP contribution is 2.24. The van der Waals surface area contributed by atoms with Crippen molar-refractivity contribution in [2.75, 3.05) is 24.4 Å². The second-order valence-electron chi connectivity index (χ2n) is 8.16. The summed E-state index contributed by atoms with van der Waals surface area (Å²) < 4.78 is 41.6. The summed E-state index contributed by atoms with van der Waals surface area (Å²) in [7, 11) is -2.71. The van der Waals surface area contributed by atoms with Crippen molar-refractivity contribution in [1.82, 2.24) is 10.2 Å².